The Labute approximate surface area is 172 Å². The molecular weight excluding hydrogens is 394 g/mol. The van der Waals surface area contributed by atoms with E-state index in [0.29, 0.717) is 34.6 Å². The fourth-order valence-corrected chi connectivity index (χ4v) is 3.34. The summed E-state index contributed by atoms with van der Waals surface area (Å²) in [6.45, 7) is 2.21. The number of nitrogens with zero attached hydrogens (tertiary/aromatic N) is 2. The maximum atomic E-state index is 13.0. The van der Waals surface area contributed by atoms with Crippen molar-refractivity contribution in [3.63, 3.8) is 0 Å². The molecule has 0 spiro atoms. The molecule has 0 atom stereocenters. The normalized spacial score (nSPS) is 11.0. The number of hydrogen-bond donors (Lipinski definition) is 1. The van der Waals surface area contributed by atoms with Crippen molar-refractivity contribution < 1.29 is 9.53 Å². The summed E-state index contributed by atoms with van der Waals surface area (Å²) in [7, 11) is 1.56. The summed E-state index contributed by atoms with van der Waals surface area (Å²) in [5, 5.41) is 3.71. The molecule has 3 aromatic rings. The van der Waals surface area contributed by atoms with E-state index in [2.05, 4.69) is 5.32 Å². The zero-order chi connectivity index (χ0) is 21.0. The van der Waals surface area contributed by atoms with Crippen LogP contribution in [0.3, 0.4) is 0 Å². The van der Waals surface area contributed by atoms with E-state index in [1.165, 1.54) is 4.57 Å². The van der Waals surface area contributed by atoms with E-state index in [1.54, 1.807) is 56.5 Å². The first-order valence-corrected chi connectivity index (χ1v) is 9.58. The summed E-state index contributed by atoms with van der Waals surface area (Å²) in [6, 6.07) is 12.0. The van der Waals surface area contributed by atoms with Gasteiger partial charge in [-0.15, -0.1) is 0 Å². The highest BCUT2D eigenvalue weighted by Crippen LogP contribution is 2.22. The zero-order valence-corrected chi connectivity index (χ0v) is 17.0. The molecule has 0 fully saturated rings. The van der Waals surface area contributed by atoms with Crippen LogP contribution in [0.1, 0.15) is 12.0 Å². The molecule has 2 aromatic carbocycles. The smallest absolute Gasteiger partial charge is 0.331 e. The Balaban J connectivity index is 1.99. The van der Waals surface area contributed by atoms with Crippen LogP contribution in [0, 0.1) is 6.92 Å². The molecular formula is C21H22ClN3O4. The first-order valence-electron chi connectivity index (χ1n) is 9.20. The fraction of sp³-hybridized carbons (Fsp3) is 0.286. The molecule has 29 heavy (non-hydrogen) atoms. The molecule has 0 saturated carbocycles. The van der Waals surface area contributed by atoms with Crippen molar-refractivity contribution in [1.82, 2.24) is 9.13 Å². The van der Waals surface area contributed by atoms with Gasteiger partial charge in [0.1, 0.15) is 6.54 Å². The summed E-state index contributed by atoms with van der Waals surface area (Å²) < 4.78 is 7.48. The predicted molar refractivity (Wildman–Crippen MR) is 114 cm³/mol. The molecule has 3 rings (SSSR count). The van der Waals surface area contributed by atoms with Crippen LogP contribution >= 0.6 is 11.6 Å². The van der Waals surface area contributed by atoms with Crippen molar-refractivity contribution >= 4 is 34.1 Å². The molecule has 0 aliphatic rings. The Morgan fingerprint density at radius 2 is 1.86 bits per heavy atom. The molecule has 1 aromatic heterocycles. The van der Waals surface area contributed by atoms with Crippen LogP contribution in [-0.2, 0) is 22.6 Å². The Hall–Kier alpha value is -2.90. The van der Waals surface area contributed by atoms with Crippen LogP contribution in [0.15, 0.2) is 52.1 Å². The van der Waals surface area contributed by atoms with Crippen LogP contribution in [-0.4, -0.2) is 28.8 Å². The molecule has 0 saturated heterocycles. The third-order valence-electron chi connectivity index (χ3n) is 4.71. The third kappa shape index (κ3) is 4.41. The maximum absolute atomic E-state index is 13.0. The van der Waals surface area contributed by atoms with Crippen LogP contribution in [0.25, 0.3) is 10.9 Å². The Morgan fingerprint density at radius 3 is 2.62 bits per heavy atom. The number of para-hydroxylation sites is 1. The quantitative estimate of drug-likeness (QED) is 0.601. The van der Waals surface area contributed by atoms with Gasteiger partial charge in [-0.05, 0) is 43.2 Å². The van der Waals surface area contributed by atoms with E-state index in [9.17, 15) is 14.4 Å². The van der Waals surface area contributed by atoms with E-state index in [4.69, 9.17) is 16.3 Å². The molecule has 0 bridgehead atoms. The van der Waals surface area contributed by atoms with E-state index in [0.717, 1.165) is 10.1 Å². The monoisotopic (exact) mass is 415 g/mol. The topological polar surface area (TPSA) is 82.3 Å². The maximum Gasteiger partial charge on any atom is 0.331 e. The van der Waals surface area contributed by atoms with Gasteiger partial charge in [0.25, 0.3) is 5.56 Å². The van der Waals surface area contributed by atoms with Gasteiger partial charge in [0, 0.05) is 31.0 Å². The lowest BCUT2D eigenvalue weighted by molar-refractivity contribution is -0.116. The number of fused-ring (bicyclic) bond motifs is 1. The number of anilines is 1. The standard InChI is InChI=1S/C21H22ClN3O4/c1-14-16(22)8-5-9-17(14)23-19(26)13-25-18-10-4-3-7-15(18)20(27)24(21(25)28)11-6-12-29-2/h3-5,7-10H,6,11-13H2,1-2H3,(H,23,26). The zero-order valence-electron chi connectivity index (χ0n) is 16.3. The van der Waals surface area contributed by atoms with Gasteiger partial charge < -0.3 is 10.1 Å². The number of ether oxygens (including phenoxy) is 1. The Kier molecular flexibility index (Phi) is 6.51. The lowest BCUT2D eigenvalue weighted by Crippen LogP contribution is -2.42. The van der Waals surface area contributed by atoms with Gasteiger partial charge in [0.2, 0.25) is 5.91 Å². The lowest BCUT2D eigenvalue weighted by Gasteiger charge is -2.15. The van der Waals surface area contributed by atoms with E-state index in [1.807, 2.05) is 0 Å². The molecule has 0 aliphatic carbocycles. The van der Waals surface area contributed by atoms with Crippen LogP contribution in [0.5, 0.6) is 0 Å². The fourth-order valence-electron chi connectivity index (χ4n) is 3.16. The number of hydrogen-bond acceptors (Lipinski definition) is 4. The van der Waals surface area contributed by atoms with Crippen molar-refractivity contribution in [3.8, 4) is 0 Å². The number of rotatable bonds is 7. The van der Waals surface area contributed by atoms with Crippen LogP contribution < -0.4 is 16.6 Å². The largest absolute Gasteiger partial charge is 0.385 e. The summed E-state index contributed by atoms with van der Waals surface area (Å²) in [6.07, 6.45) is 0.512. The average Bonchev–Trinajstić information content (AvgIpc) is 2.71. The molecule has 1 heterocycles. The lowest BCUT2D eigenvalue weighted by atomic mass is 10.2. The SMILES string of the molecule is COCCCn1c(=O)c2ccccc2n(CC(=O)Nc2cccc(Cl)c2C)c1=O. The van der Waals surface area contributed by atoms with Crippen molar-refractivity contribution in [2.75, 3.05) is 19.0 Å². The van der Waals surface area contributed by atoms with E-state index < -0.39 is 5.69 Å². The number of methoxy groups -OCH3 is 1. The van der Waals surface area contributed by atoms with E-state index >= 15 is 0 Å². The number of nitrogens with one attached hydrogen (secondary N) is 1. The van der Waals surface area contributed by atoms with Gasteiger partial charge >= 0.3 is 5.69 Å². The highest BCUT2D eigenvalue weighted by Gasteiger charge is 2.16. The van der Waals surface area contributed by atoms with Crippen molar-refractivity contribution in [1.29, 1.82) is 0 Å². The summed E-state index contributed by atoms with van der Waals surface area (Å²) in [5.74, 6) is -0.385. The van der Waals surface area contributed by atoms with Crippen LogP contribution in [0.2, 0.25) is 5.02 Å². The molecule has 0 radical (unpaired) electrons. The van der Waals surface area contributed by atoms with Gasteiger partial charge in [-0.25, -0.2) is 4.79 Å². The van der Waals surface area contributed by atoms with Gasteiger partial charge in [-0.2, -0.15) is 0 Å². The number of amides is 1. The molecule has 0 aliphatic heterocycles. The van der Waals surface area contributed by atoms with Crippen molar-refractivity contribution in [2.24, 2.45) is 0 Å². The number of carbonyl (C=O) groups excluding carboxylic acids is 1. The number of aromatic nitrogens is 2. The van der Waals surface area contributed by atoms with Gasteiger partial charge in [0.05, 0.1) is 10.9 Å². The number of carbonyl (C=O) groups is 1. The predicted octanol–water partition coefficient (Wildman–Crippen LogP) is 2.80. The molecule has 152 valence electrons. The average molecular weight is 416 g/mol. The molecule has 7 nitrogen and oxygen atoms in total. The first-order chi connectivity index (χ1) is 13.9. The van der Waals surface area contributed by atoms with Gasteiger partial charge in [-0.1, -0.05) is 29.8 Å². The Bertz CT molecular complexity index is 1170. The van der Waals surface area contributed by atoms with Crippen LogP contribution in [0.4, 0.5) is 5.69 Å². The summed E-state index contributed by atoms with van der Waals surface area (Å²) in [5.41, 5.74) is 0.841. The van der Waals surface area contributed by atoms with E-state index in [-0.39, 0.29) is 24.6 Å². The van der Waals surface area contributed by atoms with Crippen molar-refractivity contribution in [2.45, 2.75) is 26.4 Å². The molecule has 0 unspecified atom stereocenters. The molecule has 1 N–H and O–H groups in total. The minimum absolute atomic E-state index is 0.214. The third-order valence-corrected chi connectivity index (χ3v) is 5.12. The molecule has 8 heteroatoms. The number of halogens is 1. The number of benzene rings is 2. The minimum Gasteiger partial charge on any atom is -0.385 e. The minimum atomic E-state index is -0.525. The Morgan fingerprint density at radius 1 is 1.10 bits per heavy atom. The van der Waals surface area contributed by atoms with Gasteiger partial charge in [0.15, 0.2) is 0 Å². The second kappa shape index (κ2) is 9.07. The summed E-state index contributed by atoms with van der Waals surface area (Å²) in [4.78, 5) is 38.4. The highest BCUT2D eigenvalue weighted by molar-refractivity contribution is 6.31. The second-order valence-corrected chi connectivity index (χ2v) is 7.06. The van der Waals surface area contributed by atoms with Crippen molar-refractivity contribution in [3.05, 3.63) is 73.9 Å². The highest BCUT2D eigenvalue weighted by atomic mass is 35.5. The second-order valence-electron chi connectivity index (χ2n) is 6.65. The summed E-state index contributed by atoms with van der Waals surface area (Å²) >= 11 is 6.10. The molecule has 1 amide bonds. The van der Waals surface area contributed by atoms with Gasteiger partial charge in [-0.3, -0.25) is 18.7 Å². The first kappa shape index (κ1) is 20.8.